The lowest BCUT2D eigenvalue weighted by Crippen LogP contribution is -2.43. The van der Waals surface area contributed by atoms with E-state index >= 15 is 0 Å². The van der Waals surface area contributed by atoms with Crippen molar-refractivity contribution in [2.75, 3.05) is 0 Å². The van der Waals surface area contributed by atoms with Crippen molar-refractivity contribution in [3.63, 3.8) is 0 Å². The van der Waals surface area contributed by atoms with E-state index in [4.69, 9.17) is 9.84 Å². The summed E-state index contributed by atoms with van der Waals surface area (Å²) in [5.41, 5.74) is 0. The molecule has 0 bridgehead atoms. The van der Waals surface area contributed by atoms with Gasteiger partial charge in [-0.25, -0.2) is 0 Å². The second-order valence-electron chi connectivity index (χ2n) is 5.30. The molecule has 0 aromatic carbocycles. The fraction of sp³-hybridized carbons (Fsp3) is 0.857. The zero-order valence-corrected chi connectivity index (χ0v) is 11.9. The van der Waals surface area contributed by atoms with Gasteiger partial charge in [0.05, 0.1) is 12.5 Å². The number of amides is 1. The summed E-state index contributed by atoms with van der Waals surface area (Å²) in [6.07, 6.45) is 5.89. The van der Waals surface area contributed by atoms with Crippen LogP contribution in [0.25, 0.3) is 0 Å². The van der Waals surface area contributed by atoms with Gasteiger partial charge in [-0.05, 0) is 26.2 Å². The van der Waals surface area contributed by atoms with Crippen LogP contribution in [0.4, 0.5) is 0 Å². The van der Waals surface area contributed by atoms with Crippen LogP contribution >= 0.6 is 0 Å². The summed E-state index contributed by atoms with van der Waals surface area (Å²) >= 11 is 0. The van der Waals surface area contributed by atoms with E-state index < -0.39 is 12.1 Å². The van der Waals surface area contributed by atoms with Gasteiger partial charge in [0.2, 0.25) is 5.91 Å². The first-order chi connectivity index (χ1) is 9.02. The number of ether oxygens (including phenoxy) is 1. The molecule has 1 aliphatic carbocycles. The number of rotatable bonds is 7. The number of carbonyl (C=O) groups is 2. The lowest BCUT2D eigenvalue weighted by molar-refractivity contribution is -0.140. The first kappa shape index (κ1) is 16.0. The van der Waals surface area contributed by atoms with Gasteiger partial charge in [0, 0.05) is 6.04 Å². The van der Waals surface area contributed by atoms with Gasteiger partial charge in [-0.3, -0.25) is 9.59 Å². The molecule has 0 spiro atoms. The van der Waals surface area contributed by atoms with Crippen molar-refractivity contribution in [2.24, 2.45) is 0 Å². The molecule has 0 radical (unpaired) electrons. The highest BCUT2D eigenvalue weighted by atomic mass is 16.5. The van der Waals surface area contributed by atoms with Crippen LogP contribution in [-0.2, 0) is 14.3 Å². The third kappa shape index (κ3) is 6.05. The molecule has 1 amide bonds. The average Bonchev–Trinajstić information content (AvgIpc) is 2.35. The Hall–Kier alpha value is -1.10. The quantitative estimate of drug-likeness (QED) is 0.743. The number of carbonyl (C=O) groups excluding carboxylic acids is 1. The van der Waals surface area contributed by atoms with E-state index in [9.17, 15) is 9.59 Å². The van der Waals surface area contributed by atoms with Gasteiger partial charge in [-0.15, -0.1) is 0 Å². The van der Waals surface area contributed by atoms with E-state index in [1.165, 1.54) is 6.42 Å². The van der Waals surface area contributed by atoms with Crippen LogP contribution in [0.3, 0.4) is 0 Å². The van der Waals surface area contributed by atoms with Gasteiger partial charge < -0.3 is 15.2 Å². The largest absolute Gasteiger partial charge is 0.481 e. The van der Waals surface area contributed by atoms with E-state index in [1.54, 1.807) is 6.92 Å². The Kier molecular flexibility index (Phi) is 6.84. The normalized spacial score (nSPS) is 19.7. The highest BCUT2D eigenvalue weighted by Crippen LogP contribution is 2.22. The molecule has 19 heavy (non-hydrogen) atoms. The van der Waals surface area contributed by atoms with E-state index in [2.05, 4.69) is 5.32 Å². The molecular formula is C14H25NO4. The smallest absolute Gasteiger partial charge is 0.305 e. The molecule has 5 heteroatoms. The van der Waals surface area contributed by atoms with Crippen LogP contribution in [0.2, 0.25) is 0 Å². The molecule has 0 aromatic rings. The summed E-state index contributed by atoms with van der Waals surface area (Å²) < 4.78 is 5.85. The Balaban J connectivity index is 2.39. The molecule has 0 heterocycles. The van der Waals surface area contributed by atoms with Crippen LogP contribution in [-0.4, -0.2) is 35.2 Å². The summed E-state index contributed by atoms with van der Waals surface area (Å²) in [5.74, 6) is -1.10. The average molecular weight is 271 g/mol. The molecular weight excluding hydrogens is 246 g/mol. The second kappa shape index (κ2) is 8.15. The zero-order chi connectivity index (χ0) is 14.3. The summed E-state index contributed by atoms with van der Waals surface area (Å²) in [7, 11) is 0. The maximum absolute atomic E-state index is 12.0. The SMILES string of the molecule is CCC(OC1CCCCC1)C(=O)NC(C)CC(=O)O. The third-order valence-corrected chi connectivity index (χ3v) is 3.44. The number of carboxylic acid groups (broad SMARTS) is 1. The van der Waals surface area contributed by atoms with Gasteiger partial charge in [-0.2, -0.15) is 0 Å². The Bertz CT molecular complexity index is 300. The van der Waals surface area contributed by atoms with Gasteiger partial charge in [0.25, 0.3) is 0 Å². The molecule has 1 rings (SSSR count). The fourth-order valence-electron chi connectivity index (χ4n) is 2.43. The zero-order valence-electron chi connectivity index (χ0n) is 11.9. The standard InChI is InChI=1S/C14H25NO4/c1-3-12(19-11-7-5-4-6-8-11)14(18)15-10(2)9-13(16)17/h10-12H,3-9H2,1-2H3,(H,15,18)(H,16,17). The monoisotopic (exact) mass is 271 g/mol. The Labute approximate surface area is 114 Å². The van der Waals surface area contributed by atoms with Gasteiger partial charge >= 0.3 is 5.97 Å². The van der Waals surface area contributed by atoms with Gasteiger partial charge in [0.15, 0.2) is 0 Å². The summed E-state index contributed by atoms with van der Waals surface area (Å²) in [4.78, 5) is 22.6. The first-order valence-electron chi connectivity index (χ1n) is 7.20. The minimum atomic E-state index is -0.908. The topological polar surface area (TPSA) is 75.6 Å². The minimum Gasteiger partial charge on any atom is -0.481 e. The summed E-state index contributed by atoms with van der Waals surface area (Å²) in [6, 6.07) is -0.367. The highest BCUT2D eigenvalue weighted by molar-refractivity contribution is 5.81. The Morgan fingerprint density at radius 3 is 2.47 bits per heavy atom. The van der Waals surface area contributed by atoms with Crippen LogP contribution < -0.4 is 5.32 Å². The predicted molar refractivity (Wildman–Crippen MR) is 71.9 cm³/mol. The van der Waals surface area contributed by atoms with Crippen molar-refractivity contribution in [3.8, 4) is 0 Å². The van der Waals surface area contributed by atoms with Crippen LogP contribution in [0.15, 0.2) is 0 Å². The van der Waals surface area contributed by atoms with Crippen molar-refractivity contribution in [2.45, 2.75) is 77.0 Å². The van der Waals surface area contributed by atoms with Crippen LogP contribution in [0, 0.1) is 0 Å². The van der Waals surface area contributed by atoms with E-state index in [-0.39, 0.29) is 24.5 Å². The van der Waals surface area contributed by atoms with Crippen molar-refractivity contribution >= 4 is 11.9 Å². The second-order valence-corrected chi connectivity index (χ2v) is 5.30. The van der Waals surface area contributed by atoms with Crippen LogP contribution in [0.1, 0.15) is 58.8 Å². The Morgan fingerprint density at radius 2 is 1.95 bits per heavy atom. The van der Waals surface area contributed by atoms with E-state index in [1.807, 2.05) is 6.92 Å². The number of hydrogen-bond acceptors (Lipinski definition) is 3. The number of aliphatic carboxylic acids is 1. The molecule has 0 aromatic heterocycles. The third-order valence-electron chi connectivity index (χ3n) is 3.44. The van der Waals surface area contributed by atoms with Crippen molar-refractivity contribution < 1.29 is 19.4 Å². The maximum Gasteiger partial charge on any atom is 0.305 e. The summed E-state index contributed by atoms with van der Waals surface area (Å²) in [5, 5.41) is 11.4. The van der Waals surface area contributed by atoms with E-state index in [0.29, 0.717) is 6.42 Å². The van der Waals surface area contributed by atoms with Crippen LogP contribution in [0.5, 0.6) is 0 Å². The van der Waals surface area contributed by atoms with Crippen molar-refractivity contribution in [3.05, 3.63) is 0 Å². The molecule has 1 aliphatic rings. The molecule has 2 atom stereocenters. The number of carboxylic acids is 1. The van der Waals surface area contributed by atoms with Gasteiger partial charge in [-0.1, -0.05) is 26.2 Å². The first-order valence-corrected chi connectivity index (χ1v) is 7.20. The molecule has 0 aliphatic heterocycles. The molecule has 1 fully saturated rings. The number of hydrogen-bond donors (Lipinski definition) is 2. The molecule has 2 N–H and O–H groups in total. The Morgan fingerprint density at radius 1 is 1.32 bits per heavy atom. The van der Waals surface area contributed by atoms with E-state index in [0.717, 1.165) is 25.7 Å². The lowest BCUT2D eigenvalue weighted by atomic mass is 9.97. The molecule has 0 saturated heterocycles. The van der Waals surface area contributed by atoms with Crippen molar-refractivity contribution in [1.29, 1.82) is 0 Å². The highest BCUT2D eigenvalue weighted by Gasteiger charge is 2.24. The molecule has 110 valence electrons. The fourth-order valence-corrected chi connectivity index (χ4v) is 2.43. The number of nitrogens with one attached hydrogen (secondary N) is 1. The maximum atomic E-state index is 12.0. The predicted octanol–water partition coefficient (Wildman–Crippen LogP) is 2.09. The van der Waals surface area contributed by atoms with Gasteiger partial charge in [0.1, 0.15) is 6.10 Å². The molecule has 2 unspecified atom stereocenters. The van der Waals surface area contributed by atoms with Crippen molar-refractivity contribution in [1.82, 2.24) is 5.32 Å². The molecule has 1 saturated carbocycles. The summed E-state index contributed by atoms with van der Waals surface area (Å²) in [6.45, 7) is 3.61. The molecule has 5 nitrogen and oxygen atoms in total. The lowest BCUT2D eigenvalue weighted by Gasteiger charge is -2.27. The minimum absolute atomic E-state index is 0.0639.